The molecule has 1 aliphatic rings. The summed E-state index contributed by atoms with van der Waals surface area (Å²) in [6.45, 7) is 1.90. The molecule has 1 heterocycles. The lowest BCUT2D eigenvalue weighted by Gasteiger charge is -2.15. The minimum absolute atomic E-state index is 0.0573. The molecule has 7 nitrogen and oxygen atoms in total. The molecule has 0 saturated heterocycles. The van der Waals surface area contributed by atoms with Crippen LogP contribution in [0.4, 0.5) is 20.5 Å². The molecule has 122 valence electrons. The Morgan fingerprint density at radius 3 is 2.86 bits per heavy atom. The SMILES string of the molecule is CCOC(=O)c1cc(NC2CCC(F)(F)C2)nc(NNC)n1. The lowest BCUT2D eigenvalue weighted by molar-refractivity contribution is 0.00850. The zero-order valence-corrected chi connectivity index (χ0v) is 12.4. The molecule has 0 amide bonds. The molecule has 3 N–H and O–H groups in total. The highest BCUT2D eigenvalue weighted by atomic mass is 19.3. The van der Waals surface area contributed by atoms with Gasteiger partial charge in [0.15, 0.2) is 5.69 Å². The predicted molar refractivity (Wildman–Crippen MR) is 76.9 cm³/mol. The Balaban J connectivity index is 2.17. The van der Waals surface area contributed by atoms with Crippen molar-refractivity contribution in [2.75, 3.05) is 24.4 Å². The molecular formula is C13H19F2N5O2. The number of alkyl halides is 2. The zero-order chi connectivity index (χ0) is 16.2. The van der Waals surface area contributed by atoms with Crippen LogP contribution in [-0.2, 0) is 4.74 Å². The van der Waals surface area contributed by atoms with E-state index in [1.54, 1.807) is 14.0 Å². The maximum absolute atomic E-state index is 13.2. The summed E-state index contributed by atoms with van der Waals surface area (Å²) in [5, 5.41) is 2.93. The van der Waals surface area contributed by atoms with E-state index < -0.39 is 11.9 Å². The van der Waals surface area contributed by atoms with Crippen molar-refractivity contribution in [1.29, 1.82) is 0 Å². The molecule has 22 heavy (non-hydrogen) atoms. The van der Waals surface area contributed by atoms with Gasteiger partial charge in [-0.2, -0.15) is 4.98 Å². The lowest BCUT2D eigenvalue weighted by Crippen LogP contribution is -2.23. The fourth-order valence-corrected chi connectivity index (χ4v) is 2.28. The van der Waals surface area contributed by atoms with Gasteiger partial charge in [-0.05, 0) is 13.3 Å². The molecule has 1 saturated carbocycles. The minimum atomic E-state index is -2.65. The highest BCUT2D eigenvalue weighted by molar-refractivity contribution is 5.88. The van der Waals surface area contributed by atoms with Gasteiger partial charge in [0.2, 0.25) is 11.9 Å². The number of ether oxygens (including phenoxy) is 1. The van der Waals surface area contributed by atoms with Gasteiger partial charge < -0.3 is 10.1 Å². The van der Waals surface area contributed by atoms with Crippen LogP contribution in [0.3, 0.4) is 0 Å². The summed E-state index contributed by atoms with van der Waals surface area (Å²) in [5.41, 5.74) is 5.36. The van der Waals surface area contributed by atoms with E-state index in [1.165, 1.54) is 6.07 Å². The number of hydrazine groups is 1. The van der Waals surface area contributed by atoms with Crippen molar-refractivity contribution in [2.45, 2.75) is 38.2 Å². The van der Waals surface area contributed by atoms with E-state index in [-0.39, 0.29) is 37.1 Å². The summed E-state index contributed by atoms with van der Waals surface area (Å²) in [5.74, 6) is -2.79. The molecule has 0 radical (unpaired) electrons. The first-order chi connectivity index (χ1) is 10.4. The first-order valence-corrected chi connectivity index (χ1v) is 7.07. The van der Waals surface area contributed by atoms with Gasteiger partial charge in [-0.3, -0.25) is 5.43 Å². The first kappa shape index (κ1) is 16.3. The molecule has 1 fully saturated rings. The van der Waals surface area contributed by atoms with Gasteiger partial charge in [0.25, 0.3) is 0 Å². The molecular weight excluding hydrogens is 296 g/mol. The Kier molecular flexibility index (Phi) is 5.07. The van der Waals surface area contributed by atoms with E-state index in [4.69, 9.17) is 4.74 Å². The lowest BCUT2D eigenvalue weighted by atomic mass is 10.2. The summed E-state index contributed by atoms with van der Waals surface area (Å²) in [7, 11) is 1.62. The van der Waals surface area contributed by atoms with Crippen LogP contribution in [0.15, 0.2) is 6.07 Å². The molecule has 1 unspecified atom stereocenters. The highest BCUT2D eigenvalue weighted by Gasteiger charge is 2.39. The number of halogens is 2. The predicted octanol–water partition coefficient (Wildman–Crippen LogP) is 1.80. The van der Waals surface area contributed by atoms with Gasteiger partial charge >= 0.3 is 5.97 Å². The summed E-state index contributed by atoms with van der Waals surface area (Å²) in [4.78, 5) is 19.9. The second kappa shape index (κ2) is 6.82. The third-order valence-electron chi connectivity index (χ3n) is 3.20. The third kappa shape index (κ3) is 4.23. The van der Waals surface area contributed by atoms with E-state index in [0.29, 0.717) is 12.2 Å². The molecule has 1 atom stereocenters. The van der Waals surface area contributed by atoms with Crippen LogP contribution in [0.25, 0.3) is 0 Å². The average molecular weight is 315 g/mol. The van der Waals surface area contributed by atoms with Crippen molar-refractivity contribution >= 4 is 17.7 Å². The van der Waals surface area contributed by atoms with Crippen molar-refractivity contribution in [3.8, 4) is 0 Å². The fraction of sp³-hybridized carbons (Fsp3) is 0.615. The van der Waals surface area contributed by atoms with Gasteiger partial charge in [0.05, 0.1) is 6.61 Å². The Morgan fingerprint density at radius 1 is 1.50 bits per heavy atom. The summed E-state index contributed by atoms with van der Waals surface area (Å²) >= 11 is 0. The van der Waals surface area contributed by atoms with Crippen molar-refractivity contribution in [3.05, 3.63) is 11.8 Å². The van der Waals surface area contributed by atoms with E-state index in [2.05, 4.69) is 26.1 Å². The number of nitrogens with one attached hydrogen (secondary N) is 3. The van der Waals surface area contributed by atoms with Crippen LogP contribution in [0.2, 0.25) is 0 Å². The van der Waals surface area contributed by atoms with E-state index in [9.17, 15) is 13.6 Å². The van der Waals surface area contributed by atoms with E-state index in [1.807, 2.05) is 0 Å². The second-order valence-corrected chi connectivity index (χ2v) is 5.00. The summed E-state index contributed by atoms with van der Waals surface area (Å²) in [6, 6.07) is 1.01. The number of rotatable bonds is 6. The summed E-state index contributed by atoms with van der Waals surface area (Å²) in [6.07, 6.45) is -0.0524. The maximum atomic E-state index is 13.2. The number of esters is 1. The van der Waals surface area contributed by atoms with Crippen LogP contribution in [0, 0.1) is 0 Å². The first-order valence-electron chi connectivity index (χ1n) is 7.07. The molecule has 1 aliphatic carbocycles. The Hall–Kier alpha value is -2.03. The van der Waals surface area contributed by atoms with Crippen molar-refractivity contribution in [2.24, 2.45) is 0 Å². The molecule has 0 aliphatic heterocycles. The maximum Gasteiger partial charge on any atom is 0.357 e. The standard InChI is InChI=1S/C13H19F2N5O2/c1-3-22-11(21)9-6-10(19-12(18-9)20-16-2)17-8-4-5-13(14,15)7-8/h6,8,16H,3-5,7H2,1-2H3,(H2,17,18,19,20). The van der Waals surface area contributed by atoms with Crippen LogP contribution in [0.1, 0.15) is 36.7 Å². The topological polar surface area (TPSA) is 88.2 Å². The normalized spacial score (nSPS) is 19.7. The smallest absolute Gasteiger partial charge is 0.357 e. The molecule has 0 spiro atoms. The van der Waals surface area contributed by atoms with Crippen molar-refractivity contribution in [3.63, 3.8) is 0 Å². The van der Waals surface area contributed by atoms with Gasteiger partial charge in [-0.1, -0.05) is 0 Å². The third-order valence-corrected chi connectivity index (χ3v) is 3.20. The molecule has 9 heteroatoms. The number of carbonyl (C=O) groups excluding carboxylic acids is 1. The zero-order valence-electron chi connectivity index (χ0n) is 12.4. The summed E-state index contributed by atoms with van der Waals surface area (Å²) < 4.78 is 31.4. The van der Waals surface area contributed by atoms with Crippen LogP contribution in [-0.4, -0.2) is 41.6 Å². The van der Waals surface area contributed by atoms with Crippen LogP contribution >= 0.6 is 0 Å². The molecule has 1 aromatic rings. The molecule has 0 aromatic carbocycles. The van der Waals surface area contributed by atoms with Crippen molar-refractivity contribution < 1.29 is 18.3 Å². The molecule has 2 rings (SSSR count). The number of anilines is 2. The Morgan fingerprint density at radius 2 is 2.27 bits per heavy atom. The Bertz CT molecular complexity index is 541. The van der Waals surface area contributed by atoms with Gasteiger partial charge in [-0.15, -0.1) is 0 Å². The average Bonchev–Trinajstić information content (AvgIpc) is 2.78. The minimum Gasteiger partial charge on any atom is -0.461 e. The van der Waals surface area contributed by atoms with Crippen LogP contribution in [0.5, 0.6) is 0 Å². The second-order valence-electron chi connectivity index (χ2n) is 5.00. The van der Waals surface area contributed by atoms with Crippen LogP contribution < -0.4 is 16.2 Å². The quantitative estimate of drug-likeness (QED) is 0.545. The number of hydrogen-bond donors (Lipinski definition) is 3. The Labute approximate surface area is 126 Å². The van der Waals surface area contributed by atoms with Gasteiger partial charge in [-0.25, -0.2) is 24.0 Å². The molecule has 1 aromatic heterocycles. The monoisotopic (exact) mass is 315 g/mol. The van der Waals surface area contributed by atoms with Crippen molar-refractivity contribution in [1.82, 2.24) is 15.4 Å². The van der Waals surface area contributed by atoms with E-state index >= 15 is 0 Å². The highest BCUT2D eigenvalue weighted by Crippen LogP contribution is 2.36. The molecule has 0 bridgehead atoms. The number of aromatic nitrogens is 2. The van der Waals surface area contributed by atoms with Gasteiger partial charge in [0.1, 0.15) is 5.82 Å². The largest absolute Gasteiger partial charge is 0.461 e. The van der Waals surface area contributed by atoms with Gasteiger partial charge in [0, 0.05) is 32.0 Å². The number of carbonyl (C=O) groups is 1. The number of nitrogens with zero attached hydrogens (tertiary/aromatic N) is 2. The van der Waals surface area contributed by atoms with E-state index in [0.717, 1.165) is 0 Å². The fourth-order valence-electron chi connectivity index (χ4n) is 2.28. The number of hydrogen-bond acceptors (Lipinski definition) is 7.